The van der Waals surface area contributed by atoms with Crippen LogP contribution in [0.4, 0.5) is 5.69 Å². The third kappa shape index (κ3) is 4.46. The largest absolute Gasteiger partial charge is 0.368 e. The molecule has 31 heavy (non-hydrogen) atoms. The van der Waals surface area contributed by atoms with Crippen LogP contribution in [0, 0.1) is 18.8 Å². The fourth-order valence-electron chi connectivity index (χ4n) is 4.96. The molecule has 0 radical (unpaired) electrons. The molecule has 0 aliphatic carbocycles. The highest BCUT2D eigenvalue weighted by Gasteiger charge is 2.42. The van der Waals surface area contributed by atoms with E-state index in [-0.39, 0.29) is 29.6 Å². The Balaban J connectivity index is 1.48. The van der Waals surface area contributed by atoms with E-state index in [9.17, 15) is 9.59 Å². The fourth-order valence-corrected chi connectivity index (χ4v) is 4.96. The Morgan fingerprint density at radius 3 is 2.13 bits per heavy atom. The number of para-hydroxylation sites is 1. The van der Waals surface area contributed by atoms with Crippen molar-refractivity contribution in [1.82, 2.24) is 9.80 Å². The van der Waals surface area contributed by atoms with Crippen LogP contribution in [0.2, 0.25) is 0 Å². The van der Waals surface area contributed by atoms with Gasteiger partial charge in [-0.1, -0.05) is 62.4 Å². The summed E-state index contributed by atoms with van der Waals surface area (Å²) < 4.78 is 0. The van der Waals surface area contributed by atoms with Gasteiger partial charge in [-0.25, -0.2) is 0 Å². The molecular formula is C26H33N3O2. The van der Waals surface area contributed by atoms with Crippen molar-refractivity contribution < 1.29 is 9.59 Å². The second-order valence-corrected chi connectivity index (χ2v) is 9.12. The summed E-state index contributed by atoms with van der Waals surface area (Å²) in [6, 6.07) is 18.6. The summed E-state index contributed by atoms with van der Waals surface area (Å²) in [5.74, 6) is 0.168. The second kappa shape index (κ2) is 9.13. The van der Waals surface area contributed by atoms with Crippen molar-refractivity contribution >= 4 is 17.5 Å². The summed E-state index contributed by atoms with van der Waals surface area (Å²) in [4.78, 5) is 32.6. The minimum Gasteiger partial charge on any atom is -0.368 e. The maximum absolute atomic E-state index is 13.6. The predicted molar refractivity (Wildman–Crippen MR) is 124 cm³/mol. The molecule has 2 fully saturated rings. The summed E-state index contributed by atoms with van der Waals surface area (Å²) in [6.07, 6.45) is 0. The van der Waals surface area contributed by atoms with Gasteiger partial charge < -0.3 is 14.7 Å². The van der Waals surface area contributed by atoms with Crippen LogP contribution in [0.25, 0.3) is 0 Å². The third-order valence-corrected chi connectivity index (χ3v) is 6.72. The minimum absolute atomic E-state index is 0.0528. The number of likely N-dealkylation sites (tertiary alicyclic amines) is 1. The lowest BCUT2D eigenvalue weighted by Gasteiger charge is -2.38. The van der Waals surface area contributed by atoms with E-state index in [0.717, 1.165) is 31.7 Å². The molecule has 0 N–H and O–H groups in total. The highest BCUT2D eigenvalue weighted by molar-refractivity contribution is 5.84. The van der Waals surface area contributed by atoms with Gasteiger partial charge in [-0.3, -0.25) is 9.59 Å². The first-order chi connectivity index (χ1) is 15.0. The molecule has 164 valence electrons. The Hall–Kier alpha value is -2.82. The van der Waals surface area contributed by atoms with Crippen molar-refractivity contribution in [2.24, 2.45) is 11.8 Å². The molecule has 2 aliphatic heterocycles. The van der Waals surface area contributed by atoms with Crippen molar-refractivity contribution in [2.75, 3.05) is 44.2 Å². The summed E-state index contributed by atoms with van der Waals surface area (Å²) in [5, 5.41) is 0. The van der Waals surface area contributed by atoms with Gasteiger partial charge in [0, 0.05) is 56.8 Å². The molecule has 2 saturated heterocycles. The van der Waals surface area contributed by atoms with Gasteiger partial charge in [-0.15, -0.1) is 0 Å². The van der Waals surface area contributed by atoms with E-state index in [1.807, 2.05) is 41.8 Å². The zero-order valence-corrected chi connectivity index (χ0v) is 18.8. The van der Waals surface area contributed by atoms with Crippen LogP contribution < -0.4 is 4.90 Å². The standard InChI is InChI=1S/C26H33N3O2/c1-19(2)25(30)29-17-22(21-10-5-4-6-11-21)23(18-29)26(31)28-15-13-27(14-16-28)24-12-8-7-9-20(24)3/h4-12,19,22-23H,13-18H2,1-3H3. The molecule has 0 saturated carbocycles. The van der Waals surface area contributed by atoms with Gasteiger partial charge in [0.25, 0.3) is 0 Å². The van der Waals surface area contributed by atoms with E-state index in [0.29, 0.717) is 13.1 Å². The quantitative estimate of drug-likeness (QED) is 0.761. The number of hydrogen-bond acceptors (Lipinski definition) is 3. The van der Waals surface area contributed by atoms with Crippen LogP contribution >= 0.6 is 0 Å². The lowest BCUT2D eigenvalue weighted by atomic mass is 9.88. The summed E-state index contributed by atoms with van der Waals surface area (Å²) in [6.45, 7) is 10.3. The molecule has 0 bridgehead atoms. The SMILES string of the molecule is Cc1ccccc1N1CCN(C(=O)C2CN(C(=O)C(C)C)CC2c2ccccc2)CC1. The van der Waals surface area contributed by atoms with Crippen LogP contribution in [-0.2, 0) is 9.59 Å². The molecule has 5 nitrogen and oxygen atoms in total. The van der Waals surface area contributed by atoms with Crippen molar-refractivity contribution in [2.45, 2.75) is 26.7 Å². The number of carbonyl (C=O) groups is 2. The summed E-state index contributed by atoms with van der Waals surface area (Å²) in [5.41, 5.74) is 3.68. The highest BCUT2D eigenvalue weighted by atomic mass is 16.2. The normalized spacial score (nSPS) is 21.6. The average molecular weight is 420 g/mol. The molecule has 5 heteroatoms. The van der Waals surface area contributed by atoms with Crippen molar-refractivity contribution in [3.05, 3.63) is 65.7 Å². The third-order valence-electron chi connectivity index (χ3n) is 6.72. The van der Waals surface area contributed by atoms with Crippen LogP contribution in [0.5, 0.6) is 0 Å². The number of rotatable bonds is 4. The zero-order chi connectivity index (χ0) is 22.0. The average Bonchev–Trinajstić information content (AvgIpc) is 3.24. The molecule has 4 rings (SSSR count). The number of piperazine rings is 1. The van der Waals surface area contributed by atoms with Crippen LogP contribution in [0.1, 0.15) is 30.9 Å². The monoisotopic (exact) mass is 419 g/mol. The lowest BCUT2D eigenvalue weighted by molar-refractivity contribution is -0.136. The number of aryl methyl sites for hydroxylation is 1. The second-order valence-electron chi connectivity index (χ2n) is 9.12. The molecule has 2 aromatic rings. The van der Waals surface area contributed by atoms with Gasteiger partial charge in [-0.2, -0.15) is 0 Å². The smallest absolute Gasteiger partial charge is 0.228 e. The fraction of sp³-hybridized carbons (Fsp3) is 0.462. The van der Waals surface area contributed by atoms with Gasteiger partial charge >= 0.3 is 0 Å². The van der Waals surface area contributed by atoms with E-state index in [1.165, 1.54) is 11.3 Å². The molecule has 2 atom stereocenters. The van der Waals surface area contributed by atoms with E-state index < -0.39 is 0 Å². The van der Waals surface area contributed by atoms with Gasteiger partial charge in [0.2, 0.25) is 11.8 Å². The first kappa shape index (κ1) is 21.4. The molecular weight excluding hydrogens is 386 g/mol. The van der Waals surface area contributed by atoms with E-state index in [2.05, 4.69) is 48.2 Å². The summed E-state index contributed by atoms with van der Waals surface area (Å²) >= 11 is 0. The van der Waals surface area contributed by atoms with Crippen LogP contribution in [-0.4, -0.2) is 60.9 Å². The van der Waals surface area contributed by atoms with E-state index >= 15 is 0 Å². The topological polar surface area (TPSA) is 43.9 Å². The molecule has 2 amide bonds. The number of benzene rings is 2. The molecule has 2 aromatic carbocycles. The number of nitrogens with zero attached hydrogens (tertiary/aromatic N) is 3. The molecule has 0 aromatic heterocycles. The summed E-state index contributed by atoms with van der Waals surface area (Å²) in [7, 11) is 0. The Morgan fingerprint density at radius 1 is 0.839 bits per heavy atom. The first-order valence-corrected chi connectivity index (χ1v) is 11.4. The van der Waals surface area contributed by atoms with E-state index in [4.69, 9.17) is 0 Å². The Morgan fingerprint density at radius 2 is 1.48 bits per heavy atom. The van der Waals surface area contributed by atoms with Gasteiger partial charge in [-0.05, 0) is 24.1 Å². The molecule has 2 aliphatic rings. The van der Waals surface area contributed by atoms with Crippen LogP contribution in [0.3, 0.4) is 0 Å². The van der Waals surface area contributed by atoms with Crippen LogP contribution in [0.15, 0.2) is 54.6 Å². The molecule has 2 unspecified atom stereocenters. The maximum Gasteiger partial charge on any atom is 0.228 e. The lowest BCUT2D eigenvalue weighted by Crippen LogP contribution is -2.51. The van der Waals surface area contributed by atoms with Crippen molar-refractivity contribution in [3.8, 4) is 0 Å². The Bertz CT molecular complexity index is 919. The van der Waals surface area contributed by atoms with Gasteiger partial charge in [0.15, 0.2) is 0 Å². The van der Waals surface area contributed by atoms with Crippen molar-refractivity contribution in [3.63, 3.8) is 0 Å². The number of hydrogen-bond donors (Lipinski definition) is 0. The number of carbonyl (C=O) groups excluding carboxylic acids is 2. The maximum atomic E-state index is 13.6. The van der Waals surface area contributed by atoms with Gasteiger partial charge in [0.05, 0.1) is 5.92 Å². The number of anilines is 1. The Labute approximate surface area is 185 Å². The van der Waals surface area contributed by atoms with E-state index in [1.54, 1.807) is 0 Å². The highest BCUT2D eigenvalue weighted by Crippen LogP contribution is 2.35. The van der Waals surface area contributed by atoms with Gasteiger partial charge in [0.1, 0.15) is 0 Å². The Kier molecular flexibility index (Phi) is 6.30. The predicted octanol–water partition coefficient (Wildman–Crippen LogP) is 3.54. The minimum atomic E-state index is -0.171. The number of amides is 2. The van der Waals surface area contributed by atoms with Crippen molar-refractivity contribution in [1.29, 1.82) is 0 Å². The molecule has 0 spiro atoms. The zero-order valence-electron chi connectivity index (χ0n) is 18.8. The molecule has 2 heterocycles. The first-order valence-electron chi connectivity index (χ1n) is 11.4.